The number of carbonyl (C=O) groups is 1. The minimum Gasteiger partial charge on any atom is -0.480 e. The average molecular weight is 270 g/mol. The lowest BCUT2D eigenvalue weighted by molar-refractivity contribution is -0.145. The van der Waals surface area contributed by atoms with Crippen LogP contribution in [-0.4, -0.2) is 59.9 Å². The molecule has 2 aliphatic rings. The van der Waals surface area contributed by atoms with Gasteiger partial charge in [0.1, 0.15) is 5.54 Å². The fourth-order valence-corrected chi connectivity index (χ4v) is 2.66. The summed E-state index contributed by atoms with van der Waals surface area (Å²) in [6.45, 7) is 7.03. The van der Waals surface area contributed by atoms with Crippen molar-refractivity contribution < 1.29 is 14.6 Å². The van der Waals surface area contributed by atoms with Crippen LogP contribution in [0.5, 0.6) is 0 Å². The number of carboxylic acid groups (broad SMARTS) is 1. The second kappa shape index (κ2) is 6.20. The first kappa shape index (κ1) is 14.8. The van der Waals surface area contributed by atoms with Crippen LogP contribution in [0.2, 0.25) is 0 Å². The van der Waals surface area contributed by atoms with Crippen LogP contribution in [0.3, 0.4) is 0 Å². The van der Waals surface area contributed by atoms with Gasteiger partial charge in [0.25, 0.3) is 0 Å². The highest BCUT2D eigenvalue weighted by atomic mass is 16.5. The predicted molar refractivity (Wildman–Crippen MR) is 73.3 cm³/mol. The molecular weight excluding hydrogens is 244 g/mol. The summed E-state index contributed by atoms with van der Waals surface area (Å²) in [7, 11) is 0. The first-order valence-corrected chi connectivity index (χ1v) is 7.38. The van der Waals surface area contributed by atoms with Gasteiger partial charge in [-0.2, -0.15) is 0 Å². The minimum absolute atomic E-state index is 0.237. The SMILES string of the molecule is CCC1CN(CC(C)(NC2CC2)C(=O)O)CCCO1. The van der Waals surface area contributed by atoms with Gasteiger partial charge in [0, 0.05) is 32.3 Å². The van der Waals surface area contributed by atoms with Crippen LogP contribution < -0.4 is 5.32 Å². The molecule has 2 unspecified atom stereocenters. The maximum absolute atomic E-state index is 11.6. The fraction of sp³-hybridized carbons (Fsp3) is 0.929. The Morgan fingerprint density at radius 3 is 2.84 bits per heavy atom. The van der Waals surface area contributed by atoms with E-state index in [1.165, 1.54) is 0 Å². The third kappa shape index (κ3) is 4.16. The van der Waals surface area contributed by atoms with E-state index in [-0.39, 0.29) is 6.10 Å². The maximum atomic E-state index is 11.6. The van der Waals surface area contributed by atoms with Crippen LogP contribution in [0.4, 0.5) is 0 Å². The summed E-state index contributed by atoms with van der Waals surface area (Å²) in [6, 6.07) is 0.395. The van der Waals surface area contributed by atoms with Crippen LogP contribution >= 0.6 is 0 Å². The van der Waals surface area contributed by atoms with E-state index in [2.05, 4.69) is 17.1 Å². The van der Waals surface area contributed by atoms with Gasteiger partial charge in [-0.05, 0) is 32.6 Å². The van der Waals surface area contributed by atoms with Gasteiger partial charge in [0.15, 0.2) is 0 Å². The highest BCUT2D eigenvalue weighted by Crippen LogP contribution is 2.23. The molecule has 1 aliphatic carbocycles. The molecule has 0 aromatic heterocycles. The Bertz CT molecular complexity index is 320. The molecule has 110 valence electrons. The lowest BCUT2D eigenvalue weighted by Crippen LogP contribution is -2.58. The van der Waals surface area contributed by atoms with Crippen molar-refractivity contribution in [3.05, 3.63) is 0 Å². The number of nitrogens with zero attached hydrogens (tertiary/aromatic N) is 1. The lowest BCUT2D eigenvalue weighted by Gasteiger charge is -2.33. The summed E-state index contributed by atoms with van der Waals surface area (Å²) in [6.07, 6.45) is 4.40. The van der Waals surface area contributed by atoms with Crippen molar-refractivity contribution >= 4 is 5.97 Å². The van der Waals surface area contributed by atoms with E-state index in [0.29, 0.717) is 12.6 Å². The van der Waals surface area contributed by atoms with Crippen LogP contribution in [0, 0.1) is 0 Å². The third-order valence-electron chi connectivity index (χ3n) is 4.00. The number of hydrogen-bond acceptors (Lipinski definition) is 4. The summed E-state index contributed by atoms with van der Waals surface area (Å²) in [4.78, 5) is 13.8. The lowest BCUT2D eigenvalue weighted by atomic mass is 10.0. The van der Waals surface area contributed by atoms with Crippen molar-refractivity contribution in [2.45, 2.75) is 57.2 Å². The third-order valence-corrected chi connectivity index (χ3v) is 4.00. The number of carboxylic acids is 1. The van der Waals surface area contributed by atoms with Gasteiger partial charge in [-0.25, -0.2) is 0 Å². The first-order valence-electron chi connectivity index (χ1n) is 7.38. The Morgan fingerprint density at radius 2 is 2.26 bits per heavy atom. The molecule has 2 rings (SSSR count). The standard InChI is InChI=1S/C14H26N2O3/c1-3-12-9-16(7-4-8-19-12)10-14(2,13(17)18)15-11-5-6-11/h11-12,15H,3-10H2,1-2H3,(H,17,18). The van der Waals surface area contributed by atoms with Crippen molar-refractivity contribution in [3.8, 4) is 0 Å². The van der Waals surface area contributed by atoms with E-state index < -0.39 is 11.5 Å². The monoisotopic (exact) mass is 270 g/mol. The molecule has 1 saturated heterocycles. The number of rotatable bonds is 6. The second-order valence-corrected chi connectivity index (χ2v) is 6.05. The molecular formula is C14H26N2O3. The van der Waals surface area contributed by atoms with Gasteiger partial charge in [0.2, 0.25) is 0 Å². The zero-order valence-corrected chi connectivity index (χ0v) is 12.0. The Hall–Kier alpha value is -0.650. The predicted octanol–water partition coefficient (Wildman–Crippen LogP) is 1.08. The molecule has 2 fully saturated rings. The molecule has 1 heterocycles. The number of aliphatic carboxylic acids is 1. The van der Waals surface area contributed by atoms with Crippen molar-refractivity contribution in [2.24, 2.45) is 0 Å². The molecule has 0 amide bonds. The van der Waals surface area contributed by atoms with Crippen molar-refractivity contribution in [1.29, 1.82) is 0 Å². The van der Waals surface area contributed by atoms with E-state index in [4.69, 9.17) is 4.74 Å². The molecule has 5 heteroatoms. The fourth-order valence-electron chi connectivity index (χ4n) is 2.66. The largest absolute Gasteiger partial charge is 0.480 e. The number of ether oxygens (including phenoxy) is 1. The van der Waals surface area contributed by atoms with Crippen molar-refractivity contribution in [1.82, 2.24) is 10.2 Å². The van der Waals surface area contributed by atoms with Crippen LogP contribution in [-0.2, 0) is 9.53 Å². The smallest absolute Gasteiger partial charge is 0.324 e. The Morgan fingerprint density at radius 1 is 1.53 bits per heavy atom. The normalized spacial score (nSPS) is 28.6. The summed E-state index contributed by atoms with van der Waals surface area (Å²) in [5, 5.41) is 12.8. The number of hydrogen-bond donors (Lipinski definition) is 2. The van der Waals surface area contributed by atoms with Gasteiger partial charge < -0.3 is 9.84 Å². The van der Waals surface area contributed by atoms with Gasteiger partial charge in [-0.3, -0.25) is 15.0 Å². The van der Waals surface area contributed by atoms with E-state index in [1.807, 2.05) is 0 Å². The molecule has 0 aromatic carbocycles. The molecule has 0 spiro atoms. The van der Waals surface area contributed by atoms with Gasteiger partial charge in [-0.1, -0.05) is 6.92 Å². The highest BCUT2D eigenvalue weighted by molar-refractivity contribution is 5.78. The summed E-state index contributed by atoms with van der Waals surface area (Å²) >= 11 is 0. The van der Waals surface area contributed by atoms with E-state index in [1.54, 1.807) is 6.92 Å². The molecule has 19 heavy (non-hydrogen) atoms. The second-order valence-electron chi connectivity index (χ2n) is 6.05. The molecule has 2 atom stereocenters. The maximum Gasteiger partial charge on any atom is 0.324 e. The van der Waals surface area contributed by atoms with Crippen LogP contribution in [0.15, 0.2) is 0 Å². The zero-order chi connectivity index (χ0) is 13.9. The zero-order valence-electron chi connectivity index (χ0n) is 12.0. The molecule has 0 aromatic rings. The van der Waals surface area contributed by atoms with E-state index in [0.717, 1.165) is 45.4 Å². The summed E-state index contributed by atoms with van der Waals surface area (Å²) < 4.78 is 5.74. The van der Waals surface area contributed by atoms with Crippen molar-refractivity contribution in [3.63, 3.8) is 0 Å². The van der Waals surface area contributed by atoms with Gasteiger partial charge >= 0.3 is 5.97 Å². The molecule has 5 nitrogen and oxygen atoms in total. The van der Waals surface area contributed by atoms with Crippen molar-refractivity contribution in [2.75, 3.05) is 26.2 Å². The molecule has 0 radical (unpaired) electrons. The summed E-state index contributed by atoms with van der Waals surface area (Å²) in [5.74, 6) is -0.752. The molecule has 0 bridgehead atoms. The Labute approximate surface area is 115 Å². The topological polar surface area (TPSA) is 61.8 Å². The van der Waals surface area contributed by atoms with Crippen LogP contribution in [0.1, 0.15) is 39.5 Å². The number of nitrogens with one attached hydrogen (secondary N) is 1. The first-order chi connectivity index (χ1) is 9.03. The van der Waals surface area contributed by atoms with E-state index >= 15 is 0 Å². The van der Waals surface area contributed by atoms with Crippen LogP contribution in [0.25, 0.3) is 0 Å². The summed E-state index contributed by atoms with van der Waals surface area (Å²) in [5.41, 5.74) is -0.843. The molecule has 1 saturated carbocycles. The van der Waals surface area contributed by atoms with E-state index in [9.17, 15) is 9.90 Å². The molecule has 1 aliphatic heterocycles. The Kier molecular flexibility index (Phi) is 4.81. The Balaban J connectivity index is 1.96. The van der Waals surface area contributed by atoms with Gasteiger partial charge in [-0.15, -0.1) is 0 Å². The van der Waals surface area contributed by atoms with Gasteiger partial charge in [0.05, 0.1) is 6.10 Å². The highest BCUT2D eigenvalue weighted by Gasteiger charge is 2.40. The molecule has 2 N–H and O–H groups in total. The minimum atomic E-state index is -0.843. The average Bonchev–Trinajstić information content (AvgIpc) is 3.16. The quantitative estimate of drug-likeness (QED) is 0.756.